The maximum absolute atomic E-state index is 7.24. The van der Waals surface area contributed by atoms with Crippen molar-refractivity contribution in [2.75, 3.05) is 0 Å². The van der Waals surface area contributed by atoms with Crippen molar-refractivity contribution < 1.29 is 9.30 Å². The highest BCUT2D eigenvalue weighted by atomic mass is 16.5. The molecule has 0 bridgehead atoms. The van der Waals surface area contributed by atoms with E-state index in [-0.39, 0.29) is 0 Å². The van der Waals surface area contributed by atoms with Gasteiger partial charge in [-0.3, -0.25) is 0 Å². The number of hydrogen-bond acceptors (Lipinski definition) is 1. The highest BCUT2D eigenvalue weighted by Crippen LogP contribution is 2.50. The minimum Gasteiger partial charge on any atom is -0.455 e. The maximum atomic E-state index is 7.24. The number of aryl methyl sites for hydroxylation is 4. The zero-order valence-corrected chi connectivity index (χ0v) is 16.6. The molecule has 0 amide bonds. The zero-order valence-electron chi connectivity index (χ0n) is 16.6. The first-order chi connectivity index (χ1) is 13.5. The highest BCUT2D eigenvalue weighted by molar-refractivity contribution is 6.07. The van der Waals surface area contributed by atoms with Crippen LogP contribution in [-0.2, 0) is 13.6 Å². The van der Waals surface area contributed by atoms with E-state index in [0.717, 1.165) is 27.8 Å². The molecule has 0 atom stereocenters. The standard InChI is InChI=1S/C25H21N2O/c1-14-7-6-8-19-15(2)22-24-23-18(9-10-27(24)5)11-17(13-26-4)12-20(23)28-25(22)16(3)21(14)19/h6-12H,13H2,1-3,5H3/q+1. The summed E-state index contributed by atoms with van der Waals surface area (Å²) in [6.07, 6.45) is 2.10. The lowest BCUT2D eigenvalue weighted by Crippen LogP contribution is -2.32. The third-order valence-corrected chi connectivity index (χ3v) is 5.96. The Morgan fingerprint density at radius 2 is 1.86 bits per heavy atom. The fourth-order valence-electron chi connectivity index (χ4n) is 4.70. The summed E-state index contributed by atoms with van der Waals surface area (Å²) in [7, 11) is 2.09. The van der Waals surface area contributed by atoms with Crippen LogP contribution in [-0.4, -0.2) is 0 Å². The molecular weight excluding hydrogens is 344 g/mol. The Morgan fingerprint density at radius 3 is 2.64 bits per heavy atom. The van der Waals surface area contributed by atoms with Crippen molar-refractivity contribution in [2.24, 2.45) is 7.05 Å². The van der Waals surface area contributed by atoms with Crippen molar-refractivity contribution in [1.82, 2.24) is 0 Å². The quantitative estimate of drug-likeness (QED) is 0.266. The average molecular weight is 365 g/mol. The van der Waals surface area contributed by atoms with Gasteiger partial charge in [-0.05, 0) is 60.2 Å². The molecule has 3 heteroatoms. The fourth-order valence-corrected chi connectivity index (χ4v) is 4.70. The Hall–Kier alpha value is -3.38. The lowest BCUT2D eigenvalue weighted by Gasteiger charge is -2.24. The number of rotatable bonds is 1. The molecule has 1 aliphatic heterocycles. The van der Waals surface area contributed by atoms with Crippen LogP contribution in [0.3, 0.4) is 0 Å². The molecule has 3 nitrogen and oxygen atoms in total. The number of nitrogens with zero attached hydrogens (tertiary/aromatic N) is 2. The van der Waals surface area contributed by atoms with E-state index in [1.54, 1.807) is 0 Å². The summed E-state index contributed by atoms with van der Waals surface area (Å²) < 4.78 is 8.74. The van der Waals surface area contributed by atoms with Crippen LogP contribution in [0, 0.1) is 27.3 Å². The van der Waals surface area contributed by atoms with Crippen LogP contribution in [0.5, 0.6) is 11.5 Å². The molecule has 0 saturated carbocycles. The van der Waals surface area contributed by atoms with E-state index in [2.05, 4.69) is 73.8 Å². The van der Waals surface area contributed by atoms with E-state index in [1.165, 1.54) is 38.7 Å². The van der Waals surface area contributed by atoms with Gasteiger partial charge in [0, 0.05) is 17.2 Å². The largest absolute Gasteiger partial charge is 0.455 e. The van der Waals surface area contributed by atoms with E-state index in [4.69, 9.17) is 11.3 Å². The van der Waals surface area contributed by atoms with Gasteiger partial charge in [0.15, 0.2) is 6.20 Å². The molecule has 0 saturated heterocycles. The summed E-state index contributed by atoms with van der Waals surface area (Å²) in [6, 6.07) is 12.8. The molecule has 0 aliphatic carbocycles. The summed E-state index contributed by atoms with van der Waals surface area (Å²) in [5, 5.41) is 4.80. The summed E-state index contributed by atoms with van der Waals surface area (Å²) in [5.41, 5.74) is 7.04. The molecule has 0 N–H and O–H groups in total. The van der Waals surface area contributed by atoms with Gasteiger partial charge in [0.05, 0.1) is 10.9 Å². The number of pyridine rings is 1. The van der Waals surface area contributed by atoms with Crippen LogP contribution >= 0.6 is 0 Å². The molecule has 136 valence electrons. The van der Waals surface area contributed by atoms with Gasteiger partial charge in [0.2, 0.25) is 12.2 Å². The normalized spacial score (nSPS) is 12.0. The summed E-state index contributed by atoms with van der Waals surface area (Å²) in [6.45, 7) is 14.1. The smallest absolute Gasteiger partial charge is 0.239 e. The maximum Gasteiger partial charge on any atom is 0.239 e. The molecule has 1 aliphatic rings. The molecule has 4 aromatic rings. The van der Waals surface area contributed by atoms with Crippen LogP contribution in [0.25, 0.3) is 37.6 Å². The van der Waals surface area contributed by atoms with Gasteiger partial charge < -0.3 is 9.58 Å². The van der Waals surface area contributed by atoms with Crippen LogP contribution in [0.2, 0.25) is 0 Å². The van der Waals surface area contributed by atoms with Gasteiger partial charge in [-0.25, -0.2) is 11.1 Å². The predicted molar refractivity (Wildman–Crippen MR) is 113 cm³/mol. The molecular formula is C25H21N2O+. The minimum absolute atomic E-state index is 0.365. The van der Waals surface area contributed by atoms with Gasteiger partial charge in [-0.2, -0.15) is 0 Å². The Labute approximate surface area is 164 Å². The minimum atomic E-state index is 0.365. The SMILES string of the molecule is [C-]#[N+]Cc1cc2c3c([n+](C)ccc3c1)-c1c(c(C)c3c(C)cccc3c1C)O2. The molecule has 0 radical (unpaired) electrons. The van der Waals surface area contributed by atoms with Crippen molar-refractivity contribution in [3.05, 3.63) is 76.3 Å². The van der Waals surface area contributed by atoms with E-state index >= 15 is 0 Å². The van der Waals surface area contributed by atoms with Gasteiger partial charge in [0.1, 0.15) is 18.5 Å². The Balaban J connectivity index is 1.98. The number of fused-ring (bicyclic) bond motifs is 3. The third kappa shape index (κ3) is 2.12. The molecule has 2 heterocycles. The van der Waals surface area contributed by atoms with Crippen molar-refractivity contribution in [3.63, 3.8) is 0 Å². The van der Waals surface area contributed by atoms with Crippen LogP contribution in [0.15, 0.2) is 42.6 Å². The Bertz CT molecular complexity index is 1360. The van der Waals surface area contributed by atoms with Crippen LogP contribution in [0.4, 0.5) is 0 Å². The van der Waals surface area contributed by atoms with E-state index in [0.29, 0.717) is 6.54 Å². The van der Waals surface area contributed by atoms with Crippen molar-refractivity contribution in [1.29, 1.82) is 0 Å². The van der Waals surface area contributed by atoms with Crippen LogP contribution < -0.4 is 9.30 Å². The molecule has 1 aromatic heterocycles. The number of aromatic nitrogens is 1. The number of ether oxygens (including phenoxy) is 1. The first-order valence-corrected chi connectivity index (χ1v) is 9.50. The van der Waals surface area contributed by atoms with Crippen molar-refractivity contribution >= 4 is 21.5 Å². The van der Waals surface area contributed by atoms with Gasteiger partial charge in [-0.1, -0.05) is 18.2 Å². The number of hydrogen-bond donors (Lipinski definition) is 0. The Morgan fingerprint density at radius 1 is 1.04 bits per heavy atom. The fraction of sp³-hybridized carbons (Fsp3) is 0.200. The van der Waals surface area contributed by atoms with Gasteiger partial charge >= 0.3 is 0 Å². The first kappa shape index (κ1) is 16.8. The summed E-state index contributed by atoms with van der Waals surface area (Å²) in [4.78, 5) is 3.56. The lowest BCUT2D eigenvalue weighted by molar-refractivity contribution is -0.659. The second-order valence-electron chi connectivity index (χ2n) is 7.70. The predicted octanol–water partition coefficient (Wildman–Crippen LogP) is 5.93. The number of benzene rings is 3. The second kappa shape index (κ2) is 5.81. The first-order valence-electron chi connectivity index (χ1n) is 9.50. The molecule has 28 heavy (non-hydrogen) atoms. The monoisotopic (exact) mass is 365 g/mol. The molecule has 3 aromatic carbocycles. The molecule has 5 rings (SSSR count). The zero-order chi connectivity index (χ0) is 19.6. The topological polar surface area (TPSA) is 17.5 Å². The van der Waals surface area contributed by atoms with Crippen LogP contribution in [0.1, 0.15) is 22.3 Å². The van der Waals surface area contributed by atoms with Gasteiger partial charge in [-0.15, -0.1) is 0 Å². The summed E-state index contributed by atoms with van der Waals surface area (Å²) in [5.74, 6) is 1.79. The lowest BCUT2D eigenvalue weighted by atomic mass is 9.87. The van der Waals surface area contributed by atoms with Crippen molar-refractivity contribution in [3.8, 4) is 22.8 Å². The van der Waals surface area contributed by atoms with Crippen molar-refractivity contribution in [2.45, 2.75) is 27.3 Å². The average Bonchev–Trinajstić information content (AvgIpc) is 2.68. The molecule has 0 fully saturated rings. The molecule has 0 spiro atoms. The second-order valence-corrected chi connectivity index (χ2v) is 7.70. The van der Waals surface area contributed by atoms with Gasteiger partial charge in [0.25, 0.3) is 0 Å². The van der Waals surface area contributed by atoms with E-state index in [1.807, 2.05) is 6.07 Å². The highest BCUT2D eigenvalue weighted by Gasteiger charge is 2.32. The van der Waals surface area contributed by atoms with E-state index in [9.17, 15) is 0 Å². The Kier molecular flexibility index (Phi) is 3.48. The third-order valence-electron chi connectivity index (χ3n) is 5.96. The summed E-state index contributed by atoms with van der Waals surface area (Å²) >= 11 is 0. The molecule has 0 unspecified atom stereocenters. The van der Waals surface area contributed by atoms with E-state index < -0.39 is 0 Å².